The molecule has 0 aromatic carbocycles. The van der Waals surface area contributed by atoms with Gasteiger partial charge in [0.25, 0.3) is 0 Å². The average molecular weight is 188 g/mol. The van der Waals surface area contributed by atoms with Crippen LogP contribution in [-0.2, 0) is 0 Å². The Balaban J connectivity index is 3.55. The van der Waals surface area contributed by atoms with E-state index in [4.69, 9.17) is 5.11 Å². The van der Waals surface area contributed by atoms with Gasteiger partial charge < -0.3 is 10.4 Å². The second kappa shape index (κ2) is 6.35. The number of rotatable bonds is 7. The summed E-state index contributed by atoms with van der Waals surface area (Å²) in [6.45, 7) is 9.56. The van der Waals surface area contributed by atoms with E-state index in [1.165, 1.54) is 0 Å². The lowest BCUT2D eigenvalue weighted by Gasteiger charge is -2.33. The van der Waals surface area contributed by atoms with Crippen LogP contribution in [0.2, 0.25) is 0 Å². The van der Waals surface area contributed by atoms with Crippen molar-refractivity contribution in [3.63, 3.8) is 0 Å². The van der Waals surface area contributed by atoms with Crippen LogP contribution >= 0.6 is 0 Å². The standard InChI is InChI=1S/C10H24N2O/c1-5-11-7-6-8-12(4)10(2,3)9-13/h11,13H,5-9H2,1-4H3. The minimum atomic E-state index is -0.0911. The zero-order valence-electron chi connectivity index (χ0n) is 9.43. The molecule has 3 nitrogen and oxygen atoms in total. The molecule has 0 aromatic heterocycles. The van der Waals surface area contributed by atoms with E-state index in [-0.39, 0.29) is 12.1 Å². The third kappa shape index (κ3) is 5.24. The fraction of sp³-hybridized carbons (Fsp3) is 1.00. The van der Waals surface area contributed by atoms with Crippen LogP contribution in [0.3, 0.4) is 0 Å². The maximum Gasteiger partial charge on any atom is 0.0609 e. The highest BCUT2D eigenvalue weighted by Gasteiger charge is 2.21. The molecule has 0 amide bonds. The highest BCUT2D eigenvalue weighted by Crippen LogP contribution is 2.10. The molecular weight excluding hydrogens is 164 g/mol. The van der Waals surface area contributed by atoms with Crippen LogP contribution in [0.5, 0.6) is 0 Å². The van der Waals surface area contributed by atoms with Gasteiger partial charge in [0.15, 0.2) is 0 Å². The molecule has 0 aliphatic rings. The van der Waals surface area contributed by atoms with Crippen molar-refractivity contribution in [3.05, 3.63) is 0 Å². The smallest absolute Gasteiger partial charge is 0.0609 e. The highest BCUT2D eigenvalue weighted by atomic mass is 16.3. The van der Waals surface area contributed by atoms with Crippen molar-refractivity contribution in [2.24, 2.45) is 0 Å². The van der Waals surface area contributed by atoms with E-state index in [0.717, 1.165) is 26.1 Å². The zero-order chi connectivity index (χ0) is 10.3. The van der Waals surface area contributed by atoms with Gasteiger partial charge in [0, 0.05) is 5.54 Å². The average Bonchev–Trinajstić information content (AvgIpc) is 2.12. The highest BCUT2D eigenvalue weighted by molar-refractivity contribution is 4.77. The summed E-state index contributed by atoms with van der Waals surface area (Å²) in [5.41, 5.74) is -0.0911. The largest absolute Gasteiger partial charge is 0.394 e. The molecule has 80 valence electrons. The van der Waals surface area contributed by atoms with Gasteiger partial charge in [-0.2, -0.15) is 0 Å². The third-order valence-electron chi connectivity index (χ3n) is 2.52. The normalized spacial score (nSPS) is 12.5. The fourth-order valence-electron chi connectivity index (χ4n) is 1.04. The molecule has 0 bridgehead atoms. The Labute approximate surface area is 82.1 Å². The third-order valence-corrected chi connectivity index (χ3v) is 2.52. The molecule has 0 saturated carbocycles. The lowest BCUT2D eigenvalue weighted by atomic mass is 10.1. The molecule has 0 spiro atoms. The van der Waals surface area contributed by atoms with E-state index in [1.54, 1.807) is 0 Å². The molecule has 0 aromatic rings. The molecule has 0 fully saturated rings. The lowest BCUT2D eigenvalue weighted by molar-refractivity contribution is 0.0783. The number of nitrogens with one attached hydrogen (secondary N) is 1. The van der Waals surface area contributed by atoms with Crippen LogP contribution < -0.4 is 5.32 Å². The van der Waals surface area contributed by atoms with E-state index < -0.39 is 0 Å². The first-order chi connectivity index (χ1) is 6.04. The monoisotopic (exact) mass is 188 g/mol. The molecule has 0 saturated heterocycles. The topological polar surface area (TPSA) is 35.5 Å². The van der Waals surface area contributed by atoms with Crippen LogP contribution in [0.15, 0.2) is 0 Å². The van der Waals surface area contributed by atoms with E-state index in [9.17, 15) is 0 Å². The summed E-state index contributed by atoms with van der Waals surface area (Å²) in [5.74, 6) is 0. The van der Waals surface area contributed by atoms with E-state index >= 15 is 0 Å². The van der Waals surface area contributed by atoms with Gasteiger partial charge in [-0.05, 0) is 47.0 Å². The van der Waals surface area contributed by atoms with Gasteiger partial charge in [0.2, 0.25) is 0 Å². The van der Waals surface area contributed by atoms with Crippen molar-refractivity contribution in [2.45, 2.75) is 32.7 Å². The molecule has 0 rings (SSSR count). The maximum atomic E-state index is 9.11. The molecule has 0 radical (unpaired) electrons. The lowest BCUT2D eigenvalue weighted by Crippen LogP contribution is -2.45. The quantitative estimate of drug-likeness (QED) is 0.577. The SMILES string of the molecule is CCNCCCN(C)C(C)(C)CO. The van der Waals surface area contributed by atoms with Crippen molar-refractivity contribution in [1.82, 2.24) is 10.2 Å². The van der Waals surface area contributed by atoms with Crippen LogP contribution in [0.25, 0.3) is 0 Å². The zero-order valence-corrected chi connectivity index (χ0v) is 9.43. The Morgan fingerprint density at radius 2 is 2.00 bits per heavy atom. The second-order valence-corrected chi connectivity index (χ2v) is 4.10. The summed E-state index contributed by atoms with van der Waals surface area (Å²) in [6.07, 6.45) is 1.13. The Morgan fingerprint density at radius 1 is 1.38 bits per heavy atom. The Bertz CT molecular complexity index is 126. The summed E-state index contributed by atoms with van der Waals surface area (Å²) in [6, 6.07) is 0. The van der Waals surface area contributed by atoms with Gasteiger partial charge in [0.05, 0.1) is 6.61 Å². The number of aliphatic hydroxyl groups excluding tert-OH is 1. The number of likely N-dealkylation sites (N-methyl/N-ethyl adjacent to an activating group) is 1. The first kappa shape index (κ1) is 12.9. The summed E-state index contributed by atoms with van der Waals surface area (Å²) >= 11 is 0. The molecule has 3 heteroatoms. The van der Waals surface area contributed by atoms with Crippen LogP contribution in [0, 0.1) is 0 Å². The first-order valence-electron chi connectivity index (χ1n) is 5.07. The number of aliphatic hydroxyl groups is 1. The molecule has 2 N–H and O–H groups in total. The van der Waals surface area contributed by atoms with Gasteiger partial charge in [0.1, 0.15) is 0 Å². The van der Waals surface area contributed by atoms with Crippen molar-refractivity contribution >= 4 is 0 Å². The predicted octanol–water partition coefficient (Wildman–Crippen LogP) is 0.689. The first-order valence-corrected chi connectivity index (χ1v) is 5.07. The molecule has 0 unspecified atom stereocenters. The summed E-state index contributed by atoms with van der Waals surface area (Å²) in [4.78, 5) is 2.20. The Kier molecular flexibility index (Phi) is 6.29. The van der Waals surface area contributed by atoms with Gasteiger partial charge in [-0.1, -0.05) is 6.92 Å². The van der Waals surface area contributed by atoms with Crippen LogP contribution in [0.4, 0.5) is 0 Å². The minimum absolute atomic E-state index is 0.0911. The van der Waals surface area contributed by atoms with Gasteiger partial charge in [-0.25, -0.2) is 0 Å². The van der Waals surface area contributed by atoms with Crippen LogP contribution in [-0.4, -0.2) is 48.8 Å². The fourth-order valence-corrected chi connectivity index (χ4v) is 1.04. The van der Waals surface area contributed by atoms with Crippen LogP contribution in [0.1, 0.15) is 27.2 Å². The molecule has 0 atom stereocenters. The van der Waals surface area contributed by atoms with Crippen molar-refractivity contribution in [2.75, 3.05) is 33.3 Å². The van der Waals surface area contributed by atoms with E-state index in [0.29, 0.717) is 0 Å². The number of nitrogens with zero attached hydrogens (tertiary/aromatic N) is 1. The summed E-state index contributed by atoms with van der Waals surface area (Å²) in [7, 11) is 2.06. The molecule has 0 aliphatic carbocycles. The van der Waals surface area contributed by atoms with Gasteiger partial charge in [-0.15, -0.1) is 0 Å². The number of hydrogen-bond acceptors (Lipinski definition) is 3. The maximum absolute atomic E-state index is 9.11. The molecular formula is C10H24N2O. The Hall–Kier alpha value is -0.120. The number of hydrogen-bond donors (Lipinski definition) is 2. The summed E-state index contributed by atoms with van der Waals surface area (Å²) in [5, 5.41) is 12.4. The Morgan fingerprint density at radius 3 is 2.46 bits per heavy atom. The molecule has 13 heavy (non-hydrogen) atoms. The van der Waals surface area contributed by atoms with E-state index in [2.05, 4.69) is 38.0 Å². The molecule has 0 aliphatic heterocycles. The van der Waals surface area contributed by atoms with Crippen molar-refractivity contribution < 1.29 is 5.11 Å². The minimum Gasteiger partial charge on any atom is -0.394 e. The van der Waals surface area contributed by atoms with E-state index in [1.807, 2.05) is 0 Å². The van der Waals surface area contributed by atoms with Gasteiger partial charge >= 0.3 is 0 Å². The predicted molar refractivity (Wildman–Crippen MR) is 57.0 cm³/mol. The molecule has 0 heterocycles. The van der Waals surface area contributed by atoms with Crippen molar-refractivity contribution in [1.29, 1.82) is 0 Å². The second-order valence-electron chi connectivity index (χ2n) is 4.10. The van der Waals surface area contributed by atoms with Crippen molar-refractivity contribution in [3.8, 4) is 0 Å². The summed E-state index contributed by atoms with van der Waals surface area (Å²) < 4.78 is 0. The van der Waals surface area contributed by atoms with Gasteiger partial charge in [-0.3, -0.25) is 4.90 Å².